The lowest BCUT2D eigenvalue weighted by atomic mass is 10.2. The van der Waals surface area contributed by atoms with Crippen molar-refractivity contribution in [3.63, 3.8) is 0 Å². The molecule has 0 aliphatic carbocycles. The van der Waals surface area contributed by atoms with Crippen molar-refractivity contribution in [2.24, 2.45) is 7.05 Å². The molecule has 0 aromatic carbocycles. The van der Waals surface area contributed by atoms with Crippen molar-refractivity contribution in [1.29, 1.82) is 0 Å². The maximum atomic E-state index is 12.7. The second-order valence-corrected chi connectivity index (χ2v) is 6.13. The zero-order valence-corrected chi connectivity index (χ0v) is 14.6. The number of amides is 1. The Morgan fingerprint density at radius 2 is 2.15 bits per heavy atom. The lowest BCUT2D eigenvalue weighted by Gasteiger charge is -2.33. The van der Waals surface area contributed by atoms with Crippen LogP contribution in [0.2, 0.25) is 0 Å². The fourth-order valence-corrected chi connectivity index (χ4v) is 3.07. The topological polar surface area (TPSA) is 91.0 Å². The van der Waals surface area contributed by atoms with Crippen LogP contribution in [0.4, 0.5) is 0 Å². The van der Waals surface area contributed by atoms with Gasteiger partial charge >= 0.3 is 0 Å². The first-order valence-electron chi connectivity index (χ1n) is 8.40. The highest BCUT2D eigenvalue weighted by atomic mass is 16.5. The first-order valence-corrected chi connectivity index (χ1v) is 8.40. The molecule has 0 fully saturated rings. The summed E-state index contributed by atoms with van der Waals surface area (Å²) in [6, 6.07) is 7.03. The van der Waals surface area contributed by atoms with E-state index >= 15 is 0 Å². The summed E-state index contributed by atoms with van der Waals surface area (Å²) in [5.74, 6) is 1.92. The largest absolute Gasteiger partial charge is 0.469 e. The Bertz CT molecular complexity index is 918. The summed E-state index contributed by atoms with van der Waals surface area (Å²) in [5.41, 5.74) is 0.436. The molecular formula is C17H19N7O2. The van der Waals surface area contributed by atoms with E-state index in [1.165, 1.54) is 0 Å². The minimum Gasteiger partial charge on any atom is -0.469 e. The highest BCUT2D eigenvalue weighted by Crippen LogP contribution is 2.26. The molecule has 9 nitrogen and oxygen atoms in total. The molecule has 1 unspecified atom stereocenters. The van der Waals surface area contributed by atoms with Crippen LogP contribution < -0.4 is 4.74 Å². The van der Waals surface area contributed by atoms with E-state index in [4.69, 9.17) is 4.74 Å². The summed E-state index contributed by atoms with van der Waals surface area (Å²) >= 11 is 0. The highest BCUT2D eigenvalue weighted by Gasteiger charge is 2.32. The van der Waals surface area contributed by atoms with Crippen molar-refractivity contribution in [2.75, 3.05) is 6.54 Å². The normalized spacial score (nSPS) is 16.4. The van der Waals surface area contributed by atoms with E-state index in [1.807, 2.05) is 23.6 Å². The van der Waals surface area contributed by atoms with Gasteiger partial charge in [0.15, 0.2) is 11.6 Å². The number of ether oxygens (including phenoxy) is 1. The summed E-state index contributed by atoms with van der Waals surface area (Å²) in [6.45, 7) is 3.42. The van der Waals surface area contributed by atoms with Crippen LogP contribution >= 0.6 is 0 Å². The first-order chi connectivity index (χ1) is 12.6. The molecule has 1 aliphatic heterocycles. The number of aryl methyl sites for hydroxylation is 1. The molecule has 4 rings (SSSR count). The summed E-state index contributed by atoms with van der Waals surface area (Å²) in [6.07, 6.45) is 3.44. The molecule has 4 heterocycles. The molecule has 3 aromatic heterocycles. The fourth-order valence-electron chi connectivity index (χ4n) is 3.07. The van der Waals surface area contributed by atoms with E-state index in [1.54, 1.807) is 41.2 Å². The minimum absolute atomic E-state index is 0.0985. The Hall–Kier alpha value is -3.23. The predicted octanol–water partition coefficient (Wildman–Crippen LogP) is 1.20. The molecule has 3 aromatic rings. The van der Waals surface area contributed by atoms with Gasteiger partial charge in [0.25, 0.3) is 5.91 Å². The zero-order valence-electron chi connectivity index (χ0n) is 14.6. The maximum absolute atomic E-state index is 12.7. The average molecular weight is 353 g/mol. The quantitative estimate of drug-likeness (QED) is 0.700. The molecule has 1 aliphatic rings. The number of aromatic nitrogens is 6. The van der Waals surface area contributed by atoms with E-state index in [0.29, 0.717) is 24.7 Å². The van der Waals surface area contributed by atoms with Crippen LogP contribution in [0.1, 0.15) is 35.1 Å². The van der Waals surface area contributed by atoms with Crippen molar-refractivity contribution < 1.29 is 9.53 Å². The van der Waals surface area contributed by atoms with Gasteiger partial charge < -0.3 is 14.2 Å². The summed E-state index contributed by atoms with van der Waals surface area (Å²) in [4.78, 5) is 18.6. The third-order valence-electron chi connectivity index (χ3n) is 4.44. The van der Waals surface area contributed by atoms with E-state index in [0.717, 1.165) is 11.6 Å². The van der Waals surface area contributed by atoms with Gasteiger partial charge in [-0.05, 0) is 19.1 Å². The van der Waals surface area contributed by atoms with Crippen molar-refractivity contribution in [3.05, 3.63) is 54.0 Å². The number of nitrogens with zero attached hydrogens (tertiary/aromatic N) is 7. The maximum Gasteiger partial charge on any atom is 0.275 e. The van der Waals surface area contributed by atoms with Crippen LogP contribution in [0.3, 0.4) is 0 Å². The van der Waals surface area contributed by atoms with Gasteiger partial charge in [0.1, 0.15) is 12.3 Å². The standard InChI is InChI=1S/C17H19N7O2/c1-12-16-20-19-14(11-26-15-5-3-4-7-18-15)24(16)10-9-23(12)17(25)13-6-8-22(2)21-13/h3-8,12H,9-11H2,1-2H3. The Morgan fingerprint density at radius 1 is 1.27 bits per heavy atom. The van der Waals surface area contributed by atoms with Crippen LogP contribution in [0, 0.1) is 0 Å². The van der Waals surface area contributed by atoms with Crippen LogP contribution in [0.25, 0.3) is 0 Å². The Kier molecular flexibility index (Phi) is 4.11. The minimum atomic E-state index is -0.186. The molecule has 134 valence electrons. The molecule has 1 amide bonds. The van der Waals surface area contributed by atoms with Crippen molar-refractivity contribution in [3.8, 4) is 5.88 Å². The van der Waals surface area contributed by atoms with Gasteiger partial charge in [0.05, 0.1) is 6.04 Å². The van der Waals surface area contributed by atoms with Crippen LogP contribution in [-0.2, 0) is 20.2 Å². The lowest BCUT2D eigenvalue weighted by molar-refractivity contribution is 0.0627. The Labute approximate surface area is 150 Å². The molecule has 0 bridgehead atoms. The van der Waals surface area contributed by atoms with Crippen molar-refractivity contribution >= 4 is 5.91 Å². The van der Waals surface area contributed by atoms with Crippen molar-refractivity contribution in [1.82, 2.24) is 34.4 Å². The van der Waals surface area contributed by atoms with Gasteiger partial charge in [-0.15, -0.1) is 10.2 Å². The third kappa shape index (κ3) is 2.92. The fraction of sp³-hybridized carbons (Fsp3) is 0.353. The highest BCUT2D eigenvalue weighted by molar-refractivity contribution is 5.92. The molecule has 0 N–H and O–H groups in total. The van der Waals surface area contributed by atoms with Crippen LogP contribution in [0.15, 0.2) is 36.7 Å². The number of hydrogen-bond donors (Lipinski definition) is 0. The number of carbonyl (C=O) groups is 1. The number of carbonyl (C=O) groups excluding carboxylic acids is 1. The van der Waals surface area contributed by atoms with E-state index in [-0.39, 0.29) is 18.6 Å². The van der Waals surface area contributed by atoms with Crippen molar-refractivity contribution in [2.45, 2.75) is 26.1 Å². The summed E-state index contributed by atoms with van der Waals surface area (Å²) in [5, 5.41) is 12.7. The molecule has 0 radical (unpaired) electrons. The van der Waals surface area contributed by atoms with Crippen LogP contribution in [-0.4, -0.2) is 46.9 Å². The van der Waals surface area contributed by atoms with Gasteiger partial charge in [-0.25, -0.2) is 4.98 Å². The SMILES string of the molecule is CC1c2nnc(COc3ccccn3)n2CCN1C(=O)c1ccn(C)n1. The monoisotopic (exact) mass is 353 g/mol. The van der Waals surface area contributed by atoms with Gasteiger partial charge in [-0.1, -0.05) is 6.07 Å². The van der Waals surface area contributed by atoms with Gasteiger partial charge in [0.2, 0.25) is 5.88 Å². The zero-order chi connectivity index (χ0) is 18.1. The smallest absolute Gasteiger partial charge is 0.275 e. The van der Waals surface area contributed by atoms with Gasteiger partial charge in [-0.3, -0.25) is 9.48 Å². The molecule has 26 heavy (non-hydrogen) atoms. The van der Waals surface area contributed by atoms with Gasteiger partial charge in [0, 0.05) is 38.6 Å². The van der Waals surface area contributed by atoms with E-state index < -0.39 is 0 Å². The Morgan fingerprint density at radius 3 is 2.88 bits per heavy atom. The van der Waals surface area contributed by atoms with E-state index in [9.17, 15) is 4.79 Å². The predicted molar refractivity (Wildman–Crippen MR) is 91.3 cm³/mol. The molecule has 9 heteroatoms. The first kappa shape index (κ1) is 16.2. The summed E-state index contributed by atoms with van der Waals surface area (Å²) in [7, 11) is 1.79. The number of hydrogen-bond acceptors (Lipinski definition) is 6. The number of rotatable bonds is 4. The second kappa shape index (κ2) is 6.58. The second-order valence-electron chi connectivity index (χ2n) is 6.13. The van der Waals surface area contributed by atoms with Gasteiger partial charge in [-0.2, -0.15) is 5.10 Å². The molecule has 0 saturated carbocycles. The lowest BCUT2D eigenvalue weighted by Crippen LogP contribution is -2.41. The third-order valence-corrected chi connectivity index (χ3v) is 4.44. The Balaban J connectivity index is 1.50. The number of fused-ring (bicyclic) bond motifs is 1. The van der Waals surface area contributed by atoms with Crippen LogP contribution in [0.5, 0.6) is 5.88 Å². The molecule has 0 spiro atoms. The molecule has 1 atom stereocenters. The molecule has 0 saturated heterocycles. The summed E-state index contributed by atoms with van der Waals surface area (Å²) < 4.78 is 9.30. The number of pyridine rings is 1. The van der Waals surface area contributed by atoms with E-state index in [2.05, 4.69) is 20.3 Å². The average Bonchev–Trinajstić information content (AvgIpc) is 3.27. The molecular weight excluding hydrogens is 334 g/mol.